The van der Waals surface area contributed by atoms with Gasteiger partial charge in [0.2, 0.25) is 0 Å². The Hall–Kier alpha value is -1.72. The number of carbonyl (C=O) groups excluding carboxylic acids is 1. The predicted octanol–water partition coefficient (Wildman–Crippen LogP) is 2.18. The number of aromatic nitrogens is 1. The van der Waals surface area contributed by atoms with Crippen LogP contribution in [0.2, 0.25) is 0 Å². The highest BCUT2D eigenvalue weighted by molar-refractivity contribution is 7.11. The van der Waals surface area contributed by atoms with Gasteiger partial charge in [0.15, 0.2) is 0 Å². The average molecular weight is 275 g/mol. The van der Waals surface area contributed by atoms with Gasteiger partial charge < -0.3 is 10.6 Å². The largest absolute Gasteiger partial charge is 0.337 e. The van der Waals surface area contributed by atoms with Gasteiger partial charge in [-0.1, -0.05) is 12.1 Å². The molecule has 4 nitrogen and oxygen atoms in total. The molecule has 0 radical (unpaired) electrons. The summed E-state index contributed by atoms with van der Waals surface area (Å²) in [5.74, 6) is 0.00891. The van der Waals surface area contributed by atoms with E-state index in [2.05, 4.69) is 4.98 Å². The van der Waals surface area contributed by atoms with Crippen molar-refractivity contribution < 1.29 is 4.79 Å². The number of hydrogen-bond donors (Lipinski definition) is 1. The van der Waals surface area contributed by atoms with Gasteiger partial charge in [-0.2, -0.15) is 0 Å². The van der Waals surface area contributed by atoms with Crippen LogP contribution in [0.4, 0.5) is 0 Å². The van der Waals surface area contributed by atoms with Crippen LogP contribution in [0.15, 0.2) is 30.5 Å². The van der Waals surface area contributed by atoms with Gasteiger partial charge in [-0.25, -0.2) is 4.98 Å². The van der Waals surface area contributed by atoms with Crippen LogP contribution < -0.4 is 5.73 Å². The van der Waals surface area contributed by atoms with E-state index in [-0.39, 0.29) is 5.91 Å². The Morgan fingerprint density at radius 1 is 1.37 bits per heavy atom. The van der Waals surface area contributed by atoms with Crippen LogP contribution in [0.3, 0.4) is 0 Å². The number of hydrogen-bond acceptors (Lipinski definition) is 4. The van der Waals surface area contributed by atoms with Crippen molar-refractivity contribution >= 4 is 17.2 Å². The molecule has 1 aromatic heterocycles. The lowest BCUT2D eigenvalue weighted by atomic mass is 10.1. The van der Waals surface area contributed by atoms with E-state index in [1.807, 2.05) is 37.4 Å². The zero-order valence-electron chi connectivity index (χ0n) is 11.1. The van der Waals surface area contributed by atoms with Crippen molar-refractivity contribution in [1.29, 1.82) is 0 Å². The Bertz CT molecular complexity index is 562. The maximum atomic E-state index is 12.2. The fourth-order valence-electron chi connectivity index (χ4n) is 1.79. The molecule has 2 N–H and O–H groups in total. The first kappa shape index (κ1) is 13.7. The summed E-state index contributed by atoms with van der Waals surface area (Å²) in [4.78, 5) is 19.2. The zero-order chi connectivity index (χ0) is 13.8. The Balaban J connectivity index is 2.05. The smallest absolute Gasteiger partial charge is 0.253 e. The minimum absolute atomic E-state index is 0.00891. The molecule has 0 aliphatic heterocycles. The third-order valence-electron chi connectivity index (χ3n) is 2.85. The summed E-state index contributed by atoms with van der Waals surface area (Å²) >= 11 is 1.61. The molecule has 0 spiro atoms. The lowest BCUT2D eigenvalue weighted by Gasteiger charge is -2.16. The first-order chi connectivity index (χ1) is 9.10. The molecule has 0 bridgehead atoms. The van der Waals surface area contributed by atoms with E-state index < -0.39 is 0 Å². The second-order valence-corrected chi connectivity index (χ2v) is 5.73. The summed E-state index contributed by atoms with van der Waals surface area (Å²) in [6.45, 7) is 3.04. The second kappa shape index (κ2) is 5.95. The molecule has 0 fully saturated rings. The van der Waals surface area contributed by atoms with E-state index >= 15 is 0 Å². The zero-order valence-corrected chi connectivity index (χ0v) is 11.9. The second-order valence-electron chi connectivity index (χ2n) is 4.41. The molecule has 0 atom stereocenters. The van der Waals surface area contributed by atoms with Gasteiger partial charge in [-0.3, -0.25) is 4.79 Å². The number of amides is 1. The van der Waals surface area contributed by atoms with E-state index in [0.717, 1.165) is 15.4 Å². The summed E-state index contributed by atoms with van der Waals surface area (Å²) in [5, 5.41) is 1.02. The van der Waals surface area contributed by atoms with Gasteiger partial charge in [0.25, 0.3) is 5.91 Å². The molecule has 0 saturated heterocycles. The van der Waals surface area contributed by atoms with Crippen molar-refractivity contribution in [2.75, 3.05) is 7.05 Å². The molecular weight excluding hydrogens is 258 g/mol. The van der Waals surface area contributed by atoms with E-state index in [4.69, 9.17) is 5.73 Å². The maximum Gasteiger partial charge on any atom is 0.253 e. The molecule has 1 aromatic carbocycles. The van der Waals surface area contributed by atoms with Crippen LogP contribution >= 0.6 is 11.3 Å². The molecule has 0 aliphatic carbocycles. The fourth-order valence-corrected chi connectivity index (χ4v) is 2.64. The number of nitrogens with two attached hydrogens (primary N) is 1. The maximum absolute atomic E-state index is 12.2. The first-order valence-corrected chi connectivity index (χ1v) is 6.87. The number of aryl methyl sites for hydroxylation is 1. The van der Waals surface area contributed by atoms with Crippen molar-refractivity contribution in [2.24, 2.45) is 5.73 Å². The molecule has 19 heavy (non-hydrogen) atoms. The lowest BCUT2D eigenvalue weighted by Crippen LogP contribution is -2.25. The Morgan fingerprint density at radius 2 is 2.05 bits per heavy atom. The molecule has 100 valence electrons. The molecule has 0 saturated carbocycles. The number of rotatable bonds is 4. The van der Waals surface area contributed by atoms with Crippen LogP contribution in [0.25, 0.3) is 0 Å². The first-order valence-electron chi connectivity index (χ1n) is 6.06. The van der Waals surface area contributed by atoms with Crippen LogP contribution in [-0.4, -0.2) is 22.8 Å². The molecule has 0 unspecified atom stereocenters. The third-order valence-corrected chi connectivity index (χ3v) is 3.74. The van der Waals surface area contributed by atoms with Crippen molar-refractivity contribution in [2.45, 2.75) is 20.0 Å². The van der Waals surface area contributed by atoms with Crippen molar-refractivity contribution in [3.8, 4) is 0 Å². The lowest BCUT2D eigenvalue weighted by molar-refractivity contribution is 0.0786. The monoisotopic (exact) mass is 275 g/mol. The Kier molecular flexibility index (Phi) is 4.29. The van der Waals surface area contributed by atoms with Crippen LogP contribution in [0, 0.1) is 6.92 Å². The summed E-state index contributed by atoms with van der Waals surface area (Å²) < 4.78 is 0. The number of nitrogens with zero attached hydrogens (tertiary/aromatic N) is 2. The predicted molar refractivity (Wildman–Crippen MR) is 77.0 cm³/mol. The van der Waals surface area contributed by atoms with Crippen molar-refractivity contribution in [3.05, 3.63) is 51.5 Å². The minimum Gasteiger partial charge on any atom is -0.337 e. The highest BCUT2D eigenvalue weighted by Gasteiger charge is 2.12. The van der Waals surface area contributed by atoms with Crippen molar-refractivity contribution in [1.82, 2.24) is 9.88 Å². The van der Waals surface area contributed by atoms with Crippen LogP contribution in [-0.2, 0) is 13.1 Å². The van der Waals surface area contributed by atoms with Gasteiger partial charge in [0.05, 0.1) is 11.6 Å². The fraction of sp³-hybridized carbons (Fsp3) is 0.286. The quantitative estimate of drug-likeness (QED) is 0.930. The number of benzene rings is 1. The van der Waals surface area contributed by atoms with E-state index in [9.17, 15) is 4.79 Å². The topological polar surface area (TPSA) is 59.2 Å². The number of thiazole rings is 1. The van der Waals surface area contributed by atoms with Crippen molar-refractivity contribution in [3.63, 3.8) is 0 Å². The van der Waals surface area contributed by atoms with Gasteiger partial charge >= 0.3 is 0 Å². The molecule has 2 rings (SSSR count). The molecule has 1 amide bonds. The number of carbonyl (C=O) groups is 1. The summed E-state index contributed by atoms with van der Waals surface area (Å²) in [5.41, 5.74) is 7.25. The standard InChI is InChI=1S/C14H17N3OS/c1-10-16-8-13(19-10)9-17(2)14(18)12-5-3-11(7-15)4-6-12/h3-6,8H,7,9,15H2,1-2H3. The Morgan fingerprint density at radius 3 is 2.58 bits per heavy atom. The highest BCUT2D eigenvalue weighted by Crippen LogP contribution is 2.15. The molecule has 5 heteroatoms. The summed E-state index contributed by atoms with van der Waals surface area (Å²) in [6, 6.07) is 7.41. The highest BCUT2D eigenvalue weighted by atomic mass is 32.1. The normalized spacial score (nSPS) is 10.5. The van der Waals surface area contributed by atoms with Gasteiger partial charge in [0.1, 0.15) is 0 Å². The SMILES string of the molecule is Cc1ncc(CN(C)C(=O)c2ccc(CN)cc2)s1. The summed E-state index contributed by atoms with van der Waals surface area (Å²) in [7, 11) is 1.80. The van der Waals surface area contributed by atoms with E-state index in [0.29, 0.717) is 18.7 Å². The van der Waals surface area contributed by atoms with Gasteiger partial charge in [-0.15, -0.1) is 11.3 Å². The average Bonchev–Trinajstić information content (AvgIpc) is 2.83. The van der Waals surface area contributed by atoms with E-state index in [1.54, 1.807) is 23.3 Å². The molecule has 0 aliphatic rings. The summed E-state index contributed by atoms with van der Waals surface area (Å²) in [6.07, 6.45) is 1.82. The third kappa shape index (κ3) is 3.39. The van der Waals surface area contributed by atoms with E-state index in [1.165, 1.54) is 0 Å². The Labute approximate surface area is 116 Å². The molecular formula is C14H17N3OS. The molecule has 1 heterocycles. The van der Waals surface area contributed by atoms with Crippen LogP contribution in [0.1, 0.15) is 25.8 Å². The van der Waals surface area contributed by atoms with Crippen LogP contribution in [0.5, 0.6) is 0 Å². The van der Waals surface area contributed by atoms with Gasteiger partial charge in [0, 0.05) is 30.2 Å². The minimum atomic E-state index is 0.00891. The molecule has 2 aromatic rings. The van der Waals surface area contributed by atoms with Gasteiger partial charge in [-0.05, 0) is 24.6 Å².